The number of hydrogen-bond donors (Lipinski definition) is 5. The van der Waals surface area contributed by atoms with Crippen LogP contribution in [0.2, 0.25) is 5.02 Å². The number of benzene rings is 1. The van der Waals surface area contributed by atoms with Crippen molar-refractivity contribution in [3.8, 4) is 5.75 Å². The van der Waals surface area contributed by atoms with E-state index in [1.54, 1.807) is 19.1 Å². The minimum Gasteiger partial charge on any atom is -0.488 e. The molecule has 12 nitrogen and oxygen atoms in total. The van der Waals surface area contributed by atoms with Crippen molar-refractivity contribution in [2.45, 2.75) is 38.4 Å². The van der Waals surface area contributed by atoms with Crippen LogP contribution in [0.1, 0.15) is 18.7 Å². The number of aromatic nitrogens is 4. The van der Waals surface area contributed by atoms with E-state index in [-0.39, 0.29) is 29.5 Å². The van der Waals surface area contributed by atoms with Gasteiger partial charge in [0.25, 0.3) is 0 Å². The number of rotatable bonds is 7. The first kappa shape index (κ1) is 23.1. The Labute approximate surface area is 193 Å². The Bertz CT molecular complexity index is 1190. The molecule has 4 atom stereocenters. The molecular formula is C20H24ClN7O5. The number of hydrogen-bond acceptors (Lipinski definition) is 11. The number of aliphatic hydroxyl groups is 3. The van der Waals surface area contributed by atoms with Crippen molar-refractivity contribution in [1.29, 1.82) is 0 Å². The lowest BCUT2D eigenvalue weighted by Gasteiger charge is -2.19. The second-order valence-corrected chi connectivity index (χ2v) is 8.03. The van der Waals surface area contributed by atoms with Gasteiger partial charge in [0.05, 0.1) is 12.3 Å². The van der Waals surface area contributed by atoms with Gasteiger partial charge in [0.15, 0.2) is 23.2 Å². The number of aryl methyl sites for hydroxylation is 1. The maximum absolute atomic E-state index is 10.5. The molecule has 0 radical (unpaired) electrons. The fraction of sp³-hybridized carbons (Fsp3) is 0.400. The first-order valence-corrected chi connectivity index (χ1v) is 10.5. The molecule has 13 heteroatoms. The summed E-state index contributed by atoms with van der Waals surface area (Å²) in [5, 5.41) is 35.1. The van der Waals surface area contributed by atoms with E-state index in [1.807, 2.05) is 13.0 Å². The molecule has 1 aliphatic heterocycles. The van der Waals surface area contributed by atoms with Crippen LogP contribution in [-0.2, 0) is 4.74 Å². The Kier molecular flexibility index (Phi) is 6.63. The third kappa shape index (κ3) is 4.56. The molecule has 4 rings (SSSR count). The topological polar surface area (TPSA) is 173 Å². The van der Waals surface area contributed by atoms with Gasteiger partial charge in [0.1, 0.15) is 37.0 Å². The first-order chi connectivity index (χ1) is 15.8. The largest absolute Gasteiger partial charge is 0.488 e. The molecule has 1 fully saturated rings. The SMILES string of the molecule is C/C(COc1ccc(Cl)c(C)c1)=N\Nc1nc2c(N)ncnc2n1C1OC(CO)C(O)C1O. The number of aliphatic hydroxyl groups excluding tert-OH is 3. The van der Waals surface area contributed by atoms with E-state index >= 15 is 0 Å². The zero-order valence-corrected chi connectivity index (χ0v) is 18.6. The molecule has 33 heavy (non-hydrogen) atoms. The van der Waals surface area contributed by atoms with Gasteiger partial charge in [-0.05, 0) is 37.6 Å². The van der Waals surface area contributed by atoms with Gasteiger partial charge in [-0.15, -0.1) is 0 Å². The van der Waals surface area contributed by atoms with Gasteiger partial charge in [0, 0.05) is 5.02 Å². The van der Waals surface area contributed by atoms with Crippen LogP contribution in [0.15, 0.2) is 29.6 Å². The van der Waals surface area contributed by atoms with Crippen LogP contribution in [0, 0.1) is 6.92 Å². The van der Waals surface area contributed by atoms with Gasteiger partial charge in [-0.3, -0.25) is 4.57 Å². The molecule has 2 aromatic heterocycles. The van der Waals surface area contributed by atoms with E-state index in [2.05, 4.69) is 25.5 Å². The van der Waals surface area contributed by atoms with Crippen LogP contribution in [0.4, 0.5) is 11.8 Å². The molecule has 0 bridgehead atoms. The van der Waals surface area contributed by atoms with Gasteiger partial charge in [-0.2, -0.15) is 5.10 Å². The lowest BCUT2D eigenvalue weighted by molar-refractivity contribution is -0.0501. The predicted octanol–water partition coefficient (Wildman–Crippen LogP) is 0.849. The lowest BCUT2D eigenvalue weighted by Crippen LogP contribution is -2.33. The van der Waals surface area contributed by atoms with Gasteiger partial charge in [-0.25, -0.2) is 20.4 Å². The summed E-state index contributed by atoms with van der Waals surface area (Å²) in [6.45, 7) is 3.35. The molecule has 1 aliphatic rings. The van der Waals surface area contributed by atoms with Gasteiger partial charge >= 0.3 is 0 Å². The maximum Gasteiger partial charge on any atom is 0.228 e. The Morgan fingerprint density at radius 2 is 2.12 bits per heavy atom. The lowest BCUT2D eigenvalue weighted by atomic mass is 10.1. The number of imidazole rings is 1. The molecule has 3 heterocycles. The third-order valence-electron chi connectivity index (χ3n) is 5.20. The minimum absolute atomic E-state index is 0.121. The molecule has 1 aromatic carbocycles. The standard InChI is InChI=1S/C20H24ClN7O5/c1-9-5-11(3-4-12(9)21)32-7-10(2)26-27-20-25-14-17(22)23-8-24-18(14)28(20)19-16(31)15(30)13(6-29)33-19/h3-5,8,13,15-16,19,29-31H,6-7H2,1-2H3,(H,25,27)(H2,22,23,24)/b26-10+. The van der Waals surface area contributed by atoms with E-state index in [9.17, 15) is 15.3 Å². The Hall–Kier alpha value is -3.03. The zero-order chi connectivity index (χ0) is 23.7. The second-order valence-electron chi connectivity index (χ2n) is 7.62. The first-order valence-electron chi connectivity index (χ1n) is 10.1. The number of nitrogens with zero attached hydrogens (tertiary/aromatic N) is 5. The average molecular weight is 478 g/mol. The fourth-order valence-corrected chi connectivity index (χ4v) is 3.53. The van der Waals surface area contributed by atoms with E-state index in [0.717, 1.165) is 5.56 Å². The maximum atomic E-state index is 10.5. The normalized spacial score (nSPS) is 23.3. The van der Waals surface area contributed by atoms with E-state index in [0.29, 0.717) is 16.5 Å². The van der Waals surface area contributed by atoms with Gasteiger partial charge in [-0.1, -0.05) is 11.6 Å². The Morgan fingerprint density at radius 1 is 1.33 bits per heavy atom. The summed E-state index contributed by atoms with van der Waals surface area (Å²) >= 11 is 6.04. The molecule has 6 N–H and O–H groups in total. The smallest absolute Gasteiger partial charge is 0.228 e. The summed E-state index contributed by atoms with van der Waals surface area (Å²) in [7, 11) is 0. The molecule has 4 unspecified atom stereocenters. The number of nitrogens with two attached hydrogens (primary N) is 1. The summed E-state index contributed by atoms with van der Waals surface area (Å²) in [5.41, 5.74) is 10.8. The van der Waals surface area contributed by atoms with E-state index < -0.39 is 31.1 Å². The number of hydrazone groups is 1. The predicted molar refractivity (Wildman–Crippen MR) is 121 cm³/mol. The number of nitrogens with one attached hydrogen (secondary N) is 1. The van der Waals surface area contributed by atoms with Crippen LogP contribution >= 0.6 is 11.6 Å². The van der Waals surface area contributed by atoms with Crippen LogP contribution < -0.4 is 15.9 Å². The van der Waals surface area contributed by atoms with Crippen molar-refractivity contribution < 1.29 is 24.8 Å². The summed E-state index contributed by atoms with van der Waals surface area (Å²) < 4.78 is 12.8. The van der Waals surface area contributed by atoms with Crippen molar-refractivity contribution >= 4 is 40.2 Å². The molecule has 0 amide bonds. The van der Waals surface area contributed by atoms with E-state index in [1.165, 1.54) is 10.9 Å². The average Bonchev–Trinajstić information content (AvgIpc) is 3.31. The summed E-state index contributed by atoms with van der Waals surface area (Å²) in [6, 6.07) is 5.34. The fourth-order valence-electron chi connectivity index (χ4n) is 3.41. The summed E-state index contributed by atoms with van der Waals surface area (Å²) in [6.07, 6.45) is -3.47. The van der Waals surface area contributed by atoms with Crippen molar-refractivity contribution in [2.24, 2.45) is 5.10 Å². The number of anilines is 2. The highest BCUT2D eigenvalue weighted by atomic mass is 35.5. The van der Waals surface area contributed by atoms with Crippen molar-refractivity contribution in [2.75, 3.05) is 24.4 Å². The highest BCUT2D eigenvalue weighted by Gasteiger charge is 2.45. The second kappa shape index (κ2) is 9.45. The molecular weight excluding hydrogens is 454 g/mol. The van der Waals surface area contributed by atoms with Crippen molar-refractivity contribution in [3.63, 3.8) is 0 Å². The van der Waals surface area contributed by atoms with Crippen LogP contribution in [0.3, 0.4) is 0 Å². The van der Waals surface area contributed by atoms with E-state index in [4.69, 9.17) is 26.8 Å². The molecule has 0 saturated carbocycles. The Morgan fingerprint density at radius 3 is 2.82 bits per heavy atom. The quantitative estimate of drug-likeness (QED) is 0.242. The number of fused-ring (bicyclic) bond motifs is 1. The van der Waals surface area contributed by atoms with Crippen LogP contribution in [-0.4, -0.2) is 72.1 Å². The molecule has 1 saturated heterocycles. The molecule has 0 aliphatic carbocycles. The van der Waals surface area contributed by atoms with Crippen molar-refractivity contribution in [3.05, 3.63) is 35.1 Å². The number of nitrogen functional groups attached to an aromatic ring is 1. The van der Waals surface area contributed by atoms with Gasteiger partial charge < -0.3 is 30.5 Å². The van der Waals surface area contributed by atoms with Crippen LogP contribution in [0.5, 0.6) is 5.75 Å². The highest BCUT2D eigenvalue weighted by Crippen LogP contribution is 2.35. The molecule has 3 aromatic rings. The Balaban J connectivity index is 1.59. The summed E-state index contributed by atoms with van der Waals surface area (Å²) in [4.78, 5) is 12.5. The number of halogens is 1. The van der Waals surface area contributed by atoms with Crippen LogP contribution in [0.25, 0.3) is 11.2 Å². The van der Waals surface area contributed by atoms with Crippen molar-refractivity contribution in [1.82, 2.24) is 19.5 Å². The monoisotopic (exact) mass is 477 g/mol. The third-order valence-corrected chi connectivity index (χ3v) is 5.62. The minimum atomic E-state index is -1.35. The number of ether oxygens (including phenoxy) is 2. The summed E-state index contributed by atoms with van der Waals surface area (Å²) in [5.74, 6) is 0.915. The molecule has 0 spiro atoms. The molecule has 176 valence electrons. The zero-order valence-electron chi connectivity index (χ0n) is 17.9. The highest BCUT2D eigenvalue weighted by molar-refractivity contribution is 6.31. The van der Waals surface area contributed by atoms with Gasteiger partial charge in [0.2, 0.25) is 5.95 Å².